The molecule has 0 saturated carbocycles. The molecule has 0 aliphatic carbocycles. The van der Waals surface area contributed by atoms with Crippen molar-refractivity contribution in [1.29, 1.82) is 0 Å². The Hall–Kier alpha value is -3.42. The van der Waals surface area contributed by atoms with Gasteiger partial charge in [-0.25, -0.2) is 13.4 Å². The molecule has 1 heterocycles. The molecular formula is C23H17ClN2O4S. The first-order valence-corrected chi connectivity index (χ1v) is 11.1. The number of anilines is 1. The molecule has 3 aromatic carbocycles. The van der Waals surface area contributed by atoms with Gasteiger partial charge >= 0.3 is 0 Å². The Morgan fingerprint density at radius 2 is 1.81 bits per heavy atom. The fraction of sp³-hybridized carbons (Fsp3) is 0.0435. The fourth-order valence-corrected chi connectivity index (χ4v) is 4.35. The van der Waals surface area contributed by atoms with Crippen LogP contribution in [-0.4, -0.2) is 19.2 Å². The molecule has 0 fully saturated rings. The molecule has 156 valence electrons. The molecule has 0 bridgehead atoms. The number of aryl methyl sites for hydroxylation is 1. The van der Waals surface area contributed by atoms with Crippen LogP contribution in [0.4, 0.5) is 5.69 Å². The lowest BCUT2D eigenvalue weighted by molar-refractivity contribution is 0.103. The van der Waals surface area contributed by atoms with Gasteiger partial charge in [0.05, 0.1) is 16.8 Å². The monoisotopic (exact) mass is 452 g/mol. The van der Waals surface area contributed by atoms with Crippen molar-refractivity contribution in [2.24, 2.45) is 0 Å². The second-order valence-corrected chi connectivity index (χ2v) is 9.00. The van der Waals surface area contributed by atoms with E-state index in [-0.39, 0.29) is 21.9 Å². The standard InChI is InChI=1S/C23H17ClN2O4S/c1-15-3-2-4-17(11-15)23(27)20-12-18(24)7-10-21(20)26-31(28,29)19-8-5-16(6-9-19)22-13-25-14-30-22/h2-14,26H,1H3. The second kappa shape index (κ2) is 8.37. The molecule has 1 aromatic heterocycles. The van der Waals surface area contributed by atoms with Crippen LogP contribution in [0.1, 0.15) is 21.5 Å². The van der Waals surface area contributed by atoms with Crippen molar-refractivity contribution < 1.29 is 17.6 Å². The van der Waals surface area contributed by atoms with Crippen molar-refractivity contribution in [3.8, 4) is 11.3 Å². The summed E-state index contributed by atoms with van der Waals surface area (Å²) in [5.74, 6) is 0.199. The molecule has 4 rings (SSSR count). The van der Waals surface area contributed by atoms with Gasteiger partial charge in [0.25, 0.3) is 10.0 Å². The summed E-state index contributed by atoms with van der Waals surface area (Å²) in [5, 5.41) is 0.329. The van der Waals surface area contributed by atoms with Crippen molar-refractivity contribution in [2.45, 2.75) is 11.8 Å². The van der Waals surface area contributed by atoms with Crippen LogP contribution in [-0.2, 0) is 10.0 Å². The number of oxazole rings is 1. The van der Waals surface area contributed by atoms with E-state index in [0.717, 1.165) is 5.56 Å². The normalized spacial score (nSPS) is 11.3. The third kappa shape index (κ3) is 4.52. The topological polar surface area (TPSA) is 89.3 Å². The summed E-state index contributed by atoms with van der Waals surface area (Å²) < 4.78 is 33.6. The average Bonchev–Trinajstić information content (AvgIpc) is 3.29. The Morgan fingerprint density at radius 3 is 2.48 bits per heavy atom. The molecule has 0 unspecified atom stereocenters. The molecule has 4 aromatic rings. The second-order valence-electron chi connectivity index (χ2n) is 6.88. The van der Waals surface area contributed by atoms with Crippen molar-refractivity contribution >= 4 is 33.1 Å². The number of ketones is 1. The molecule has 6 nitrogen and oxygen atoms in total. The molecule has 31 heavy (non-hydrogen) atoms. The molecule has 0 spiro atoms. The zero-order chi connectivity index (χ0) is 22.0. The zero-order valence-electron chi connectivity index (χ0n) is 16.4. The van der Waals surface area contributed by atoms with Crippen molar-refractivity contribution in [1.82, 2.24) is 4.98 Å². The Morgan fingerprint density at radius 1 is 1.03 bits per heavy atom. The summed E-state index contributed by atoms with van der Waals surface area (Å²) >= 11 is 6.09. The first-order valence-electron chi connectivity index (χ1n) is 9.26. The smallest absolute Gasteiger partial charge is 0.261 e. The highest BCUT2D eigenvalue weighted by Crippen LogP contribution is 2.27. The molecule has 0 aliphatic heterocycles. The van der Waals surface area contributed by atoms with Gasteiger partial charge in [-0.15, -0.1) is 0 Å². The Balaban J connectivity index is 1.66. The van der Waals surface area contributed by atoms with Crippen molar-refractivity contribution in [3.05, 3.63) is 101 Å². The molecule has 0 amide bonds. The third-order valence-corrected chi connectivity index (χ3v) is 6.25. The molecule has 0 saturated heterocycles. The van der Waals surface area contributed by atoms with Gasteiger partial charge in [0.15, 0.2) is 17.9 Å². The fourth-order valence-electron chi connectivity index (χ4n) is 3.10. The Kier molecular flexibility index (Phi) is 5.63. The lowest BCUT2D eigenvalue weighted by Gasteiger charge is -2.13. The van der Waals surface area contributed by atoms with Gasteiger partial charge in [0.2, 0.25) is 0 Å². The average molecular weight is 453 g/mol. The van der Waals surface area contributed by atoms with Gasteiger partial charge in [-0.05, 0) is 55.5 Å². The maximum Gasteiger partial charge on any atom is 0.261 e. The first kappa shape index (κ1) is 20.8. The van der Waals surface area contributed by atoms with Crippen LogP contribution < -0.4 is 4.72 Å². The predicted octanol–water partition coefficient (Wildman–Crippen LogP) is 5.34. The van der Waals surface area contributed by atoms with Crippen molar-refractivity contribution in [3.63, 3.8) is 0 Å². The first-order chi connectivity index (χ1) is 14.8. The largest absolute Gasteiger partial charge is 0.444 e. The van der Waals surface area contributed by atoms with E-state index >= 15 is 0 Å². The number of nitrogens with zero attached hydrogens (tertiary/aromatic N) is 1. The molecular weight excluding hydrogens is 436 g/mol. The van der Waals surface area contributed by atoms with Gasteiger partial charge in [0.1, 0.15) is 0 Å². The van der Waals surface area contributed by atoms with E-state index in [4.69, 9.17) is 16.0 Å². The van der Waals surface area contributed by atoms with Crippen molar-refractivity contribution in [2.75, 3.05) is 4.72 Å². The molecule has 0 aliphatic rings. The zero-order valence-corrected chi connectivity index (χ0v) is 17.9. The number of carbonyl (C=O) groups is 1. The number of carbonyl (C=O) groups excluding carboxylic acids is 1. The van der Waals surface area contributed by atoms with Crippen LogP contribution in [0.2, 0.25) is 5.02 Å². The van der Waals surface area contributed by atoms with E-state index < -0.39 is 10.0 Å². The molecule has 8 heteroatoms. The number of aromatic nitrogens is 1. The molecule has 0 atom stereocenters. The summed E-state index contributed by atoms with van der Waals surface area (Å²) in [4.78, 5) is 17.0. The maximum absolute atomic E-state index is 13.1. The van der Waals surface area contributed by atoms with Crippen LogP contribution in [0.3, 0.4) is 0 Å². The minimum Gasteiger partial charge on any atom is -0.444 e. The van der Waals surface area contributed by atoms with Gasteiger partial charge in [-0.2, -0.15) is 0 Å². The minimum absolute atomic E-state index is 0.0414. The summed E-state index contributed by atoms with van der Waals surface area (Å²) in [7, 11) is -3.95. The van der Waals surface area contributed by atoms with E-state index in [1.54, 1.807) is 36.5 Å². The van der Waals surface area contributed by atoms with E-state index in [1.165, 1.54) is 36.7 Å². The summed E-state index contributed by atoms with van der Waals surface area (Å²) in [5.41, 5.74) is 2.37. The summed E-state index contributed by atoms with van der Waals surface area (Å²) in [6, 6.07) is 17.7. The SMILES string of the molecule is Cc1cccc(C(=O)c2cc(Cl)ccc2NS(=O)(=O)c2ccc(-c3cnco3)cc2)c1. The van der Waals surface area contributed by atoms with Crippen LogP contribution in [0.25, 0.3) is 11.3 Å². The van der Waals surface area contributed by atoms with E-state index in [0.29, 0.717) is 21.9 Å². The number of sulfonamides is 1. The van der Waals surface area contributed by atoms with Gasteiger partial charge < -0.3 is 4.42 Å². The third-order valence-electron chi connectivity index (χ3n) is 4.63. The lowest BCUT2D eigenvalue weighted by Crippen LogP contribution is -2.16. The molecule has 1 N–H and O–H groups in total. The van der Waals surface area contributed by atoms with E-state index in [2.05, 4.69) is 9.71 Å². The predicted molar refractivity (Wildman–Crippen MR) is 119 cm³/mol. The number of hydrogen-bond acceptors (Lipinski definition) is 5. The summed E-state index contributed by atoms with van der Waals surface area (Å²) in [6.45, 7) is 1.88. The Bertz CT molecular complexity index is 1350. The van der Waals surface area contributed by atoms with Gasteiger partial charge in [0, 0.05) is 21.7 Å². The highest BCUT2D eigenvalue weighted by atomic mass is 35.5. The number of halogens is 1. The minimum atomic E-state index is -3.95. The number of rotatable bonds is 6. The number of nitrogens with one attached hydrogen (secondary N) is 1. The number of hydrogen-bond donors (Lipinski definition) is 1. The highest BCUT2D eigenvalue weighted by Gasteiger charge is 2.20. The van der Waals surface area contributed by atoms with E-state index in [1.807, 2.05) is 13.0 Å². The quantitative estimate of drug-likeness (QED) is 0.399. The molecule has 0 radical (unpaired) electrons. The summed E-state index contributed by atoms with van der Waals surface area (Å²) in [6.07, 6.45) is 2.84. The highest BCUT2D eigenvalue weighted by molar-refractivity contribution is 7.92. The lowest BCUT2D eigenvalue weighted by atomic mass is 10.0. The Labute approximate surface area is 184 Å². The van der Waals surface area contributed by atoms with Gasteiger partial charge in [-0.1, -0.05) is 35.4 Å². The van der Waals surface area contributed by atoms with Crippen LogP contribution in [0.5, 0.6) is 0 Å². The van der Waals surface area contributed by atoms with Crippen LogP contribution in [0, 0.1) is 6.92 Å². The van der Waals surface area contributed by atoms with Crippen LogP contribution in [0.15, 0.2) is 88.6 Å². The number of benzene rings is 3. The maximum atomic E-state index is 13.1. The van der Waals surface area contributed by atoms with Gasteiger partial charge in [-0.3, -0.25) is 9.52 Å². The van der Waals surface area contributed by atoms with Crippen LogP contribution >= 0.6 is 11.6 Å². The van der Waals surface area contributed by atoms with E-state index in [9.17, 15) is 13.2 Å².